The Kier molecular flexibility index (Phi) is 6.86. The highest BCUT2D eigenvalue weighted by molar-refractivity contribution is 5.98. The van der Waals surface area contributed by atoms with Crippen LogP contribution in [0.25, 0.3) is 0 Å². The van der Waals surface area contributed by atoms with Crippen molar-refractivity contribution in [2.24, 2.45) is 5.92 Å². The van der Waals surface area contributed by atoms with Crippen LogP contribution in [0.4, 0.5) is 5.69 Å². The predicted octanol–water partition coefficient (Wildman–Crippen LogP) is 2.86. The molecule has 174 valence electrons. The van der Waals surface area contributed by atoms with Crippen molar-refractivity contribution in [1.82, 2.24) is 10.2 Å². The maximum atomic E-state index is 13.5. The van der Waals surface area contributed by atoms with Gasteiger partial charge in [0, 0.05) is 23.7 Å². The van der Waals surface area contributed by atoms with E-state index in [9.17, 15) is 14.4 Å². The molecule has 0 radical (unpaired) electrons. The largest absolute Gasteiger partial charge is 0.486 e. The van der Waals surface area contributed by atoms with Crippen LogP contribution < -0.4 is 20.1 Å². The lowest BCUT2D eigenvalue weighted by Crippen LogP contribution is -2.68. The zero-order chi connectivity index (χ0) is 22.7. The number of nitrogens with zero attached hydrogens (tertiary/aromatic N) is 1. The van der Waals surface area contributed by atoms with Gasteiger partial charge in [0.15, 0.2) is 11.5 Å². The van der Waals surface area contributed by atoms with Crippen molar-refractivity contribution in [3.05, 3.63) is 18.2 Å². The highest BCUT2D eigenvalue weighted by Crippen LogP contribution is 2.34. The van der Waals surface area contributed by atoms with Crippen molar-refractivity contribution in [1.29, 1.82) is 0 Å². The van der Waals surface area contributed by atoms with Crippen LogP contribution in [0.2, 0.25) is 0 Å². The average Bonchev–Trinajstić information content (AvgIpc) is 2.80. The van der Waals surface area contributed by atoms with Gasteiger partial charge in [-0.05, 0) is 37.8 Å². The quantitative estimate of drug-likeness (QED) is 0.705. The van der Waals surface area contributed by atoms with Crippen LogP contribution in [-0.4, -0.2) is 54.0 Å². The lowest BCUT2D eigenvalue weighted by Gasteiger charge is -2.49. The molecule has 32 heavy (non-hydrogen) atoms. The summed E-state index contributed by atoms with van der Waals surface area (Å²) in [4.78, 5) is 41.2. The summed E-state index contributed by atoms with van der Waals surface area (Å²) in [6, 6.07) is 4.37. The van der Waals surface area contributed by atoms with Crippen LogP contribution >= 0.6 is 0 Å². The van der Waals surface area contributed by atoms with Crippen LogP contribution in [0.3, 0.4) is 0 Å². The summed E-state index contributed by atoms with van der Waals surface area (Å²) in [5.74, 6) is 0.556. The van der Waals surface area contributed by atoms with Gasteiger partial charge in [-0.2, -0.15) is 0 Å². The fourth-order valence-corrected chi connectivity index (χ4v) is 5.11. The summed E-state index contributed by atoms with van der Waals surface area (Å²) in [6.07, 6.45) is 5.18. The smallest absolute Gasteiger partial charge is 0.243 e. The molecule has 1 aliphatic carbocycles. The lowest BCUT2D eigenvalue weighted by atomic mass is 9.84. The van der Waals surface area contributed by atoms with Gasteiger partial charge < -0.3 is 25.0 Å². The van der Waals surface area contributed by atoms with Crippen LogP contribution in [0.5, 0.6) is 11.5 Å². The number of nitrogens with one attached hydrogen (secondary N) is 2. The number of rotatable bonds is 6. The molecule has 8 nitrogen and oxygen atoms in total. The Bertz CT molecular complexity index is 869. The third kappa shape index (κ3) is 4.54. The summed E-state index contributed by atoms with van der Waals surface area (Å²) >= 11 is 0. The van der Waals surface area contributed by atoms with Crippen molar-refractivity contribution >= 4 is 23.4 Å². The molecule has 2 N–H and O–H groups in total. The first kappa shape index (κ1) is 22.4. The van der Waals surface area contributed by atoms with E-state index in [1.165, 1.54) is 0 Å². The predicted molar refractivity (Wildman–Crippen MR) is 120 cm³/mol. The molecule has 1 aromatic rings. The molecule has 1 saturated carbocycles. The van der Waals surface area contributed by atoms with Crippen LogP contribution in [-0.2, 0) is 14.4 Å². The number of hydrogen-bond acceptors (Lipinski definition) is 5. The number of amides is 3. The number of carbonyl (C=O) groups is 3. The maximum Gasteiger partial charge on any atom is 0.243 e. The minimum atomic E-state index is -0.792. The van der Waals surface area contributed by atoms with Gasteiger partial charge in [0.05, 0.1) is 12.5 Å². The highest BCUT2D eigenvalue weighted by Gasteiger charge is 2.46. The van der Waals surface area contributed by atoms with Gasteiger partial charge in [0.1, 0.15) is 19.3 Å². The minimum absolute atomic E-state index is 0.00104. The zero-order valence-corrected chi connectivity index (χ0v) is 18.9. The molecular weight excluding hydrogens is 410 g/mol. The lowest BCUT2D eigenvalue weighted by molar-refractivity contribution is -0.154. The molecule has 0 aromatic heterocycles. The van der Waals surface area contributed by atoms with E-state index in [2.05, 4.69) is 10.6 Å². The fraction of sp³-hybridized carbons (Fsp3) is 0.625. The van der Waals surface area contributed by atoms with E-state index in [4.69, 9.17) is 9.47 Å². The fourth-order valence-electron chi connectivity index (χ4n) is 5.11. The van der Waals surface area contributed by atoms with Crippen LogP contribution in [0, 0.1) is 5.92 Å². The van der Waals surface area contributed by atoms with E-state index in [1.54, 1.807) is 23.1 Å². The van der Waals surface area contributed by atoms with E-state index in [0.717, 1.165) is 38.5 Å². The Morgan fingerprint density at radius 3 is 2.59 bits per heavy atom. The van der Waals surface area contributed by atoms with Crippen molar-refractivity contribution in [3.63, 3.8) is 0 Å². The van der Waals surface area contributed by atoms with E-state index in [0.29, 0.717) is 30.4 Å². The molecule has 1 saturated heterocycles. The second kappa shape index (κ2) is 9.79. The molecule has 8 heteroatoms. The molecule has 2 aliphatic heterocycles. The summed E-state index contributed by atoms with van der Waals surface area (Å²) < 4.78 is 11.1. The molecule has 2 fully saturated rings. The summed E-state index contributed by atoms with van der Waals surface area (Å²) in [5, 5.41) is 5.95. The summed E-state index contributed by atoms with van der Waals surface area (Å²) in [6.45, 7) is 4.95. The van der Waals surface area contributed by atoms with Gasteiger partial charge in [0.2, 0.25) is 17.7 Å². The van der Waals surface area contributed by atoms with Crippen molar-refractivity contribution in [3.8, 4) is 11.5 Å². The standard InChI is InChI=1S/C24H33N3O5/c1-3-15(4-2)24(30)27-18-8-6-5-7-17(18)26-23(29)19(27)14-22(28)25-16-9-10-20-21(13-16)32-12-11-31-20/h9-10,13,15,17-19H,3-8,11-12,14H2,1-2H3,(H,25,28)(H,26,29)/t17-,18-,19-/m0/s1. The maximum absolute atomic E-state index is 13.5. The number of carbonyl (C=O) groups excluding carboxylic acids is 3. The first-order valence-corrected chi connectivity index (χ1v) is 11.8. The third-order valence-electron chi connectivity index (χ3n) is 6.85. The second-order valence-corrected chi connectivity index (χ2v) is 8.85. The molecule has 3 amide bonds. The topological polar surface area (TPSA) is 97.0 Å². The Morgan fingerprint density at radius 2 is 1.84 bits per heavy atom. The monoisotopic (exact) mass is 443 g/mol. The van der Waals surface area contributed by atoms with Gasteiger partial charge in [-0.1, -0.05) is 26.7 Å². The number of benzene rings is 1. The SMILES string of the molecule is CCC(CC)C(=O)N1[C@@H](CC(=O)Nc2ccc3c(c2)OCCO3)C(=O)N[C@H]2CCCC[C@@H]21. The molecule has 2 heterocycles. The van der Waals surface area contributed by atoms with Gasteiger partial charge in [-0.15, -0.1) is 0 Å². The molecular formula is C24H33N3O5. The average molecular weight is 444 g/mol. The number of piperazine rings is 1. The Labute approximate surface area is 189 Å². The molecule has 0 bridgehead atoms. The van der Waals surface area contributed by atoms with Crippen LogP contribution in [0.15, 0.2) is 18.2 Å². The van der Waals surface area contributed by atoms with Gasteiger partial charge >= 0.3 is 0 Å². The Balaban J connectivity index is 1.52. The number of anilines is 1. The molecule has 1 aromatic carbocycles. The molecule has 0 spiro atoms. The van der Waals surface area contributed by atoms with E-state index < -0.39 is 6.04 Å². The van der Waals surface area contributed by atoms with E-state index >= 15 is 0 Å². The minimum Gasteiger partial charge on any atom is -0.486 e. The number of fused-ring (bicyclic) bond motifs is 2. The Morgan fingerprint density at radius 1 is 1.12 bits per heavy atom. The van der Waals surface area contributed by atoms with Crippen molar-refractivity contribution < 1.29 is 23.9 Å². The molecule has 3 atom stereocenters. The van der Waals surface area contributed by atoms with Crippen molar-refractivity contribution in [2.45, 2.75) is 76.9 Å². The second-order valence-electron chi connectivity index (χ2n) is 8.85. The van der Waals surface area contributed by atoms with E-state index in [-0.39, 0.29) is 42.1 Å². The first-order chi connectivity index (χ1) is 15.5. The highest BCUT2D eigenvalue weighted by atomic mass is 16.6. The number of hydrogen-bond donors (Lipinski definition) is 2. The first-order valence-electron chi connectivity index (χ1n) is 11.8. The summed E-state index contributed by atoms with van der Waals surface area (Å²) in [5.41, 5.74) is 0.573. The zero-order valence-electron chi connectivity index (χ0n) is 18.9. The normalized spacial score (nSPS) is 24.5. The van der Waals surface area contributed by atoms with E-state index in [1.807, 2.05) is 13.8 Å². The molecule has 0 unspecified atom stereocenters. The summed E-state index contributed by atoms with van der Waals surface area (Å²) in [7, 11) is 0. The van der Waals surface area contributed by atoms with Gasteiger partial charge in [-0.3, -0.25) is 14.4 Å². The molecule has 4 rings (SSSR count). The van der Waals surface area contributed by atoms with Gasteiger partial charge in [-0.25, -0.2) is 0 Å². The van der Waals surface area contributed by atoms with Crippen molar-refractivity contribution in [2.75, 3.05) is 18.5 Å². The van der Waals surface area contributed by atoms with Crippen LogP contribution in [0.1, 0.15) is 58.8 Å². The molecule has 3 aliphatic rings. The third-order valence-corrected chi connectivity index (χ3v) is 6.85. The number of ether oxygens (including phenoxy) is 2. The van der Waals surface area contributed by atoms with Gasteiger partial charge in [0.25, 0.3) is 0 Å². The Hall–Kier alpha value is -2.77.